The molecule has 0 aliphatic carbocycles. The predicted molar refractivity (Wildman–Crippen MR) is 106 cm³/mol. The number of nitrogens with zero attached hydrogens (tertiary/aromatic N) is 4. The fourth-order valence-electron chi connectivity index (χ4n) is 3.28. The van der Waals surface area contributed by atoms with E-state index in [1.807, 2.05) is 23.1 Å². The van der Waals surface area contributed by atoms with Crippen LogP contribution in [0.25, 0.3) is 0 Å². The molecule has 1 aliphatic heterocycles. The van der Waals surface area contributed by atoms with E-state index in [0.717, 1.165) is 44.9 Å². The lowest BCUT2D eigenvalue weighted by atomic mass is 10.2. The van der Waals surface area contributed by atoms with Gasteiger partial charge in [0.25, 0.3) is 0 Å². The number of anilines is 3. The Morgan fingerprint density at radius 1 is 0.862 bits per heavy atom. The Bertz CT molecular complexity index is 975. The van der Waals surface area contributed by atoms with Gasteiger partial charge in [-0.3, -0.25) is 4.90 Å². The molecule has 1 fully saturated rings. The summed E-state index contributed by atoms with van der Waals surface area (Å²) in [5.41, 5.74) is 1.10. The summed E-state index contributed by atoms with van der Waals surface area (Å²) in [5.74, 6) is -3.20. The minimum absolute atomic E-state index is 0.179. The molecule has 150 valence electrons. The quantitative estimate of drug-likeness (QED) is 0.658. The minimum Gasteiger partial charge on any atom is -0.338 e. The number of halogens is 3. The standard InChI is InChI=1S/C21H20F3N5/c22-16-6-7-17(20(24)19(16)23)26-18-8-9-25-21(27-18)29-12-10-28(11-13-29)14-15-4-2-1-3-5-15/h1-9H,10-14H2,(H,25,26,27). The fourth-order valence-corrected chi connectivity index (χ4v) is 3.28. The van der Waals surface area contributed by atoms with Crippen LogP contribution in [0.3, 0.4) is 0 Å². The summed E-state index contributed by atoms with van der Waals surface area (Å²) in [6.45, 7) is 4.15. The first kappa shape index (κ1) is 19.2. The third-order valence-electron chi connectivity index (χ3n) is 4.84. The van der Waals surface area contributed by atoms with Crippen molar-refractivity contribution in [3.8, 4) is 0 Å². The van der Waals surface area contributed by atoms with Crippen LogP contribution in [0.4, 0.5) is 30.6 Å². The van der Waals surface area contributed by atoms with Crippen molar-refractivity contribution < 1.29 is 13.2 Å². The van der Waals surface area contributed by atoms with E-state index >= 15 is 0 Å². The van der Waals surface area contributed by atoms with Crippen molar-refractivity contribution in [3.05, 3.63) is 77.7 Å². The molecule has 2 aromatic carbocycles. The van der Waals surface area contributed by atoms with E-state index < -0.39 is 17.5 Å². The number of hydrogen-bond donors (Lipinski definition) is 1. The van der Waals surface area contributed by atoms with Crippen LogP contribution in [0, 0.1) is 17.5 Å². The van der Waals surface area contributed by atoms with Crippen LogP contribution in [0.5, 0.6) is 0 Å². The predicted octanol–water partition coefficient (Wildman–Crippen LogP) is 3.96. The highest BCUT2D eigenvalue weighted by Crippen LogP contribution is 2.23. The SMILES string of the molecule is Fc1ccc(Nc2ccnc(N3CCN(Cc4ccccc4)CC3)n2)c(F)c1F. The largest absolute Gasteiger partial charge is 0.338 e. The summed E-state index contributed by atoms with van der Waals surface area (Å²) in [4.78, 5) is 13.1. The molecule has 1 saturated heterocycles. The molecule has 0 amide bonds. The summed E-state index contributed by atoms with van der Waals surface area (Å²) in [6, 6.07) is 13.9. The van der Waals surface area contributed by atoms with Gasteiger partial charge in [-0.1, -0.05) is 30.3 Å². The molecular formula is C21H20F3N5. The van der Waals surface area contributed by atoms with Gasteiger partial charge in [0.15, 0.2) is 17.5 Å². The molecular weight excluding hydrogens is 379 g/mol. The Labute approximate surface area is 166 Å². The van der Waals surface area contributed by atoms with Crippen LogP contribution < -0.4 is 10.2 Å². The minimum atomic E-state index is -1.51. The van der Waals surface area contributed by atoms with E-state index in [0.29, 0.717) is 11.8 Å². The maximum Gasteiger partial charge on any atom is 0.227 e. The molecule has 29 heavy (non-hydrogen) atoms. The summed E-state index contributed by atoms with van der Waals surface area (Å²) < 4.78 is 40.4. The lowest BCUT2D eigenvalue weighted by Crippen LogP contribution is -2.46. The molecule has 5 nitrogen and oxygen atoms in total. The smallest absolute Gasteiger partial charge is 0.227 e. The second-order valence-electron chi connectivity index (χ2n) is 6.84. The third-order valence-corrected chi connectivity index (χ3v) is 4.84. The van der Waals surface area contributed by atoms with Gasteiger partial charge in [-0.05, 0) is 23.8 Å². The Balaban J connectivity index is 1.40. The average Bonchev–Trinajstić information content (AvgIpc) is 2.76. The first-order valence-electron chi connectivity index (χ1n) is 9.35. The van der Waals surface area contributed by atoms with Gasteiger partial charge in [0, 0.05) is 38.9 Å². The number of hydrogen-bond acceptors (Lipinski definition) is 5. The van der Waals surface area contributed by atoms with Crippen LogP contribution in [0.2, 0.25) is 0 Å². The number of aromatic nitrogens is 2. The molecule has 0 bridgehead atoms. The van der Waals surface area contributed by atoms with Crippen molar-refractivity contribution in [2.75, 3.05) is 36.4 Å². The molecule has 0 atom stereocenters. The second kappa shape index (κ2) is 8.48. The highest BCUT2D eigenvalue weighted by molar-refractivity contribution is 5.58. The van der Waals surface area contributed by atoms with Gasteiger partial charge < -0.3 is 10.2 Å². The molecule has 8 heteroatoms. The second-order valence-corrected chi connectivity index (χ2v) is 6.84. The van der Waals surface area contributed by atoms with E-state index in [-0.39, 0.29) is 5.69 Å². The molecule has 0 spiro atoms. The Kier molecular flexibility index (Phi) is 5.62. The van der Waals surface area contributed by atoms with E-state index in [9.17, 15) is 13.2 Å². The van der Waals surface area contributed by atoms with Crippen molar-refractivity contribution in [2.24, 2.45) is 0 Å². The molecule has 0 radical (unpaired) electrons. The molecule has 0 saturated carbocycles. The van der Waals surface area contributed by atoms with Gasteiger partial charge in [0.05, 0.1) is 5.69 Å². The number of benzene rings is 2. The van der Waals surface area contributed by atoms with Gasteiger partial charge in [0.2, 0.25) is 5.95 Å². The number of rotatable bonds is 5. The summed E-state index contributed by atoms with van der Waals surface area (Å²) in [6.07, 6.45) is 1.55. The summed E-state index contributed by atoms with van der Waals surface area (Å²) >= 11 is 0. The van der Waals surface area contributed by atoms with Gasteiger partial charge in [-0.2, -0.15) is 4.98 Å². The molecule has 2 heterocycles. The zero-order valence-corrected chi connectivity index (χ0v) is 15.7. The number of piperazine rings is 1. The monoisotopic (exact) mass is 399 g/mol. The topological polar surface area (TPSA) is 44.3 Å². The summed E-state index contributed by atoms with van der Waals surface area (Å²) in [5, 5.41) is 2.69. The van der Waals surface area contributed by atoms with E-state index in [4.69, 9.17) is 0 Å². The zero-order valence-electron chi connectivity index (χ0n) is 15.7. The van der Waals surface area contributed by atoms with Crippen molar-refractivity contribution in [2.45, 2.75) is 6.54 Å². The highest BCUT2D eigenvalue weighted by Gasteiger charge is 2.20. The maximum atomic E-state index is 13.9. The van der Waals surface area contributed by atoms with Crippen molar-refractivity contribution in [3.63, 3.8) is 0 Å². The lowest BCUT2D eigenvalue weighted by molar-refractivity contribution is 0.248. The van der Waals surface area contributed by atoms with Crippen molar-refractivity contribution in [1.82, 2.24) is 14.9 Å². The lowest BCUT2D eigenvalue weighted by Gasteiger charge is -2.34. The Morgan fingerprint density at radius 2 is 1.62 bits per heavy atom. The van der Waals surface area contributed by atoms with E-state index in [1.54, 1.807) is 12.3 Å². The summed E-state index contributed by atoms with van der Waals surface area (Å²) in [7, 11) is 0. The van der Waals surface area contributed by atoms with E-state index in [1.165, 1.54) is 5.56 Å². The molecule has 0 unspecified atom stereocenters. The van der Waals surface area contributed by atoms with Gasteiger partial charge >= 0.3 is 0 Å². The number of nitrogens with one attached hydrogen (secondary N) is 1. The Hall–Kier alpha value is -3.13. The highest BCUT2D eigenvalue weighted by atomic mass is 19.2. The van der Waals surface area contributed by atoms with Gasteiger partial charge in [0.1, 0.15) is 5.82 Å². The van der Waals surface area contributed by atoms with Crippen LogP contribution >= 0.6 is 0 Å². The molecule has 1 aromatic heterocycles. The zero-order chi connectivity index (χ0) is 20.2. The normalized spacial score (nSPS) is 14.8. The third kappa shape index (κ3) is 4.48. The van der Waals surface area contributed by atoms with Gasteiger partial charge in [-0.25, -0.2) is 18.2 Å². The molecule has 4 rings (SSSR count). The van der Waals surface area contributed by atoms with Crippen LogP contribution in [0.15, 0.2) is 54.7 Å². The van der Waals surface area contributed by atoms with Crippen molar-refractivity contribution in [1.29, 1.82) is 0 Å². The van der Waals surface area contributed by atoms with Gasteiger partial charge in [-0.15, -0.1) is 0 Å². The van der Waals surface area contributed by atoms with Crippen LogP contribution in [-0.4, -0.2) is 41.0 Å². The fraction of sp³-hybridized carbons (Fsp3) is 0.238. The maximum absolute atomic E-state index is 13.9. The first-order chi connectivity index (χ1) is 14.1. The molecule has 1 aliphatic rings. The first-order valence-corrected chi connectivity index (χ1v) is 9.35. The van der Waals surface area contributed by atoms with Crippen molar-refractivity contribution >= 4 is 17.5 Å². The Morgan fingerprint density at radius 3 is 2.38 bits per heavy atom. The van der Waals surface area contributed by atoms with Crippen LogP contribution in [0.1, 0.15) is 5.56 Å². The van der Waals surface area contributed by atoms with Crippen LogP contribution in [-0.2, 0) is 6.54 Å². The van der Waals surface area contributed by atoms with E-state index in [2.05, 4.69) is 32.3 Å². The molecule has 3 aromatic rings. The molecule has 1 N–H and O–H groups in total. The average molecular weight is 399 g/mol.